The molecule has 2 aliphatic rings. The molecule has 3 aromatic heterocycles. The lowest BCUT2D eigenvalue weighted by atomic mass is 9.93. The second-order valence-corrected chi connectivity index (χ2v) is 12.8. The van der Waals surface area contributed by atoms with E-state index in [1.165, 1.54) is 50.5 Å². The highest BCUT2D eigenvalue weighted by molar-refractivity contribution is 6.04. The first-order valence-corrected chi connectivity index (χ1v) is 15.1. The second kappa shape index (κ2) is 12.4. The number of nitrogens with zero attached hydrogens (tertiary/aromatic N) is 8. The summed E-state index contributed by atoms with van der Waals surface area (Å²) in [5, 5.41) is 9.67. The minimum Gasteiger partial charge on any atom is -0.359 e. The van der Waals surface area contributed by atoms with Gasteiger partial charge in [0.15, 0.2) is 11.6 Å². The molecule has 0 atom stereocenters. The minimum atomic E-state index is -0.542. The Bertz CT molecular complexity index is 1620. The lowest BCUT2D eigenvalue weighted by Gasteiger charge is -2.38. The number of aromatic nitrogens is 5. The maximum absolute atomic E-state index is 15.0. The van der Waals surface area contributed by atoms with Crippen molar-refractivity contribution in [2.75, 3.05) is 68.4 Å². The number of likely N-dealkylation sites (tertiary alicyclic amines) is 1. The zero-order chi connectivity index (χ0) is 30.8. The SMILES string of the molecule is CN1CCC(CN2CCN(c3ncc4ncnc(Nc5cc(C(=O)Nc6cc(C(C)(C)C)on6)ccc5F)c4n3)CC2)CC1. The molecular formula is C31H39FN10O2. The van der Waals surface area contributed by atoms with Crippen LogP contribution in [0.3, 0.4) is 0 Å². The molecule has 13 heteroatoms. The molecule has 1 aromatic carbocycles. The van der Waals surface area contributed by atoms with Crippen molar-refractivity contribution in [1.29, 1.82) is 0 Å². The first-order valence-electron chi connectivity index (χ1n) is 15.1. The third-order valence-corrected chi connectivity index (χ3v) is 8.35. The number of anilines is 4. The summed E-state index contributed by atoms with van der Waals surface area (Å²) < 4.78 is 20.3. The summed E-state index contributed by atoms with van der Waals surface area (Å²) >= 11 is 0. The largest absolute Gasteiger partial charge is 0.359 e. The van der Waals surface area contributed by atoms with Crippen LogP contribution in [0.2, 0.25) is 0 Å². The van der Waals surface area contributed by atoms with Crippen LogP contribution in [0.25, 0.3) is 11.0 Å². The molecule has 1 amide bonds. The molecular weight excluding hydrogens is 563 g/mol. The van der Waals surface area contributed by atoms with Gasteiger partial charge in [-0.05, 0) is 57.1 Å². The highest BCUT2D eigenvalue weighted by atomic mass is 19.1. The third-order valence-electron chi connectivity index (χ3n) is 8.35. The molecule has 6 rings (SSSR count). The van der Waals surface area contributed by atoms with Gasteiger partial charge in [-0.3, -0.25) is 9.69 Å². The molecule has 0 radical (unpaired) electrons. The van der Waals surface area contributed by atoms with Crippen LogP contribution >= 0.6 is 0 Å². The number of hydrogen-bond donors (Lipinski definition) is 2. The van der Waals surface area contributed by atoms with Gasteiger partial charge in [0.05, 0.1) is 11.9 Å². The van der Waals surface area contributed by atoms with E-state index in [1.807, 2.05) is 20.8 Å². The van der Waals surface area contributed by atoms with Crippen molar-refractivity contribution in [3.63, 3.8) is 0 Å². The number of hydrogen-bond acceptors (Lipinski definition) is 11. The fourth-order valence-electron chi connectivity index (χ4n) is 5.59. The van der Waals surface area contributed by atoms with Crippen LogP contribution in [0.1, 0.15) is 49.7 Å². The molecule has 4 aromatic rings. The highest BCUT2D eigenvalue weighted by Crippen LogP contribution is 2.28. The topological polar surface area (TPSA) is 128 Å². The number of rotatable bonds is 7. The minimum absolute atomic E-state index is 0.0795. The lowest BCUT2D eigenvalue weighted by Crippen LogP contribution is -2.49. The standard InChI is InChI=1S/C31H39FN10O2/c1-31(2,3)25-16-26(39-44-25)37-29(43)21-5-6-22(32)23(15-21)36-28-27-24(34-19-35-28)17-33-30(38-27)42-13-11-41(12-14-42)18-20-7-9-40(4)10-8-20/h5-6,15-17,19-20H,7-14,18H2,1-4H3,(H,34,35,36)(H,37,39,43). The number of fused-ring (bicyclic) bond motifs is 1. The lowest BCUT2D eigenvalue weighted by molar-refractivity contribution is 0.102. The Balaban J connectivity index is 1.14. The summed E-state index contributed by atoms with van der Waals surface area (Å²) in [4.78, 5) is 38.1. The fourth-order valence-corrected chi connectivity index (χ4v) is 5.59. The molecule has 44 heavy (non-hydrogen) atoms. The number of amides is 1. The Kier molecular flexibility index (Phi) is 8.41. The summed E-state index contributed by atoms with van der Waals surface area (Å²) in [6.45, 7) is 13.0. The molecule has 12 nitrogen and oxygen atoms in total. The molecule has 0 spiro atoms. The van der Waals surface area contributed by atoms with E-state index in [1.54, 1.807) is 12.3 Å². The molecule has 0 aliphatic carbocycles. The normalized spacial score (nSPS) is 17.2. The Morgan fingerprint density at radius 2 is 1.82 bits per heavy atom. The van der Waals surface area contributed by atoms with Crippen molar-refractivity contribution in [3.05, 3.63) is 53.9 Å². The van der Waals surface area contributed by atoms with Gasteiger partial charge in [-0.25, -0.2) is 24.3 Å². The first kappa shape index (κ1) is 29.8. The van der Waals surface area contributed by atoms with Crippen molar-refractivity contribution in [2.24, 2.45) is 5.92 Å². The van der Waals surface area contributed by atoms with E-state index in [0.29, 0.717) is 28.6 Å². The number of carbonyl (C=O) groups is 1. The van der Waals surface area contributed by atoms with Crippen molar-refractivity contribution in [3.8, 4) is 0 Å². The van der Waals surface area contributed by atoms with Crippen LogP contribution < -0.4 is 15.5 Å². The maximum atomic E-state index is 15.0. The second-order valence-electron chi connectivity index (χ2n) is 12.8. The van der Waals surface area contributed by atoms with Gasteiger partial charge in [0.2, 0.25) is 5.95 Å². The average Bonchev–Trinajstić information content (AvgIpc) is 3.49. The van der Waals surface area contributed by atoms with E-state index in [-0.39, 0.29) is 22.5 Å². The Morgan fingerprint density at radius 3 is 2.55 bits per heavy atom. The van der Waals surface area contributed by atoms with Crippen molar-refractivity contribution in [1.82, 2.24) is 34.9 Å². The van der Waals surface area contributed by atoms with E-state index < -0.39 is 11.7 Å². The van der Waals surface area contributed by atoms with Crippen LogP contribution in [0, 0.1) is 11.7 Å². The summed E-state index contributed by atoms with van der Waals surface area (Å²) in [5.74, 6) is 1.60. The van der Waals surface area contributed by atoms with E-state index in [9.17, 15) is 9.18 Å². The number of nitrogens with one attached hydrogen (secondary N) is 2. The molecule has 2 saturated heterocycles. The number of halogens is 1. The summed E-state index contributed by atoms with van der Waals surface area (Å²) in [5.41, 5.74) is 1.06. The molecule has 2 fully saturated rings. The molecule has 0 unspecified atom stereocenters. The van der Waals surface area contributed by atoms with Crippen LogP contribution in [0.5, 0.6) is 0 Å². The van der Waals surface area contributed by atoms with E-state index in [2.05, 4.69) is 52.5 Å². The van der Waals surface area contributed by atoms with E-state index in [4.69, 9.17) is 9.51 Å². The Morgan fingerprint density at radius 1 is 1.05 bits per heavy atom. The predicted molar refractivity (Wildman–Crippen MR) is 167 cm³/mol. The van der Waals surface area contributed by atoms with Crippen LogP contribution in [0.15, 0.2) is 41.3 Å². The molecule has 2 N–H and O–H groups in total. The summed E-state index contributed by atoms with van der Waals surface area (Å²) in [6, 6.07) is 5.75. The monoisotopic (exact) mass is 602 g/mol. The molecule has 0 saturated carbocycles. The zero-order valence-electron chi connectivity index (χ0n) is 25.7. The van der Waals surface area contributed by atoms with Gasteiger partial charge in [-0.1, -0.05) is 25.9 Å². The van der Waals surface area contributed by atoms with Gasteiger partial charge in [0.25, 0.3) is 5.91 Å². The van der Waals surface area contributed by atoms with Crippen LogP contribution in [0.4, 0.5) is 27.7 Å². The summed E-state index contributed by atoms with van der Waals surface area (Å²) in [7, 11) is 2.20. The molecule has 0 bridgehead atoms. The molecule has 5 heterocycles. The van der Waals surface area contributed by atoms with Crippen LogP contribution in [-0.4, -0.2) is 93.7 Å². The van der Waals surface area contributed by atoms with Gasteiger partial charge in [-0.15, -0.1) is 0 Å². The Labute approximate surface area is 256 Å². The van der Waals surface area contributed by atoms with Crippen molar-refractivity contribution < 1.29 is 13.7 Å². The van der Waals surface area contributed by atoms with Gasteiger partial charge >= 0.3 is 0 Å². The van der Waals surface area contributed by atoms with Gasteiger partial charge in [0.1, 0.15) is 28.9 Å². The zero-order valence-corrected chi connectivity index (χ0v) is 25.7. The number of benzene rings is 1. The van der Waals surface area contributed by atoms with E-state index >= 15 is 0 Å². The summed E-state index contributed by atoms with van der Waals surface area (Å²) in [6.07, 6.45) is 5.56. The maximum Gasteiger partial charge on any atom is 0.256 e. The quantitative estimate of drug-likeness (QED) is 0.314. The third kappa shape index (κ3) is 6.78. The van der Waals surface area contributed by atoms with Crippen LogP contribution in [-0.2, 0) is 5.41 Å². The number of carbonyl (C=O) groups excluding carboxylic acids is 1. The predicted octanol–water partition coefficient (Wildman–Crippen LogP) is 4.30. The van der Waals surface area contributed by atoms with E-state index in [0.717, 1.165) is 38.6 Å². The average molecular weight is 603 g/mol. The smallest absolute Gasteiger partial charge is 0.256 e. The highest BCUT2D eigenvalue weighted by Gasteiger charge is 2.25. The number of piperazine rings is 1. The number of piperidine rings is 1. The van der Waals surface area contributed by atoms with Gasteiger partial charge in [-0.2, -0.15) is 0 Å². The molecule has 232 valence electrons. The van der Waals surface area contributed by atoms with Gasteiger partial charge < -0.3 is 25.0 Å². The molecule has 2 aliphatic heterocycles. The Hall–Kier alpha value is -4.23. The van der Waals surface area contributed by atoms with Crippen molar-refractivity contribution >= 4 is 40.2 Å². The van der Waals surface area contributed by atoms with Gasteiger partial charge in [0, 0.05) is 49.8 Å². The first-order chi connectivity index (χ1) is 21.1. The van der Waals surface area contributed by atoms with Crippen molar-refractivity contribution in [2.45, 2.75) is 39.0 Å². The fraction of sp³-hybridized carbons (Fsp3) is 0.484.